The molecule has 1 N–H and O–H groups in total. The second-order valence-corrected chi connectivity index (χ2v) is 8.68. The number of nitrogens with one attached hydrogen (secondary N) is 1. The van der Waals surface area contributed by atoms with E-state index in [-0.39, 0.29) is 0 Å². The Balaban J connectivity index is 1.60. The molecule has 0 aliphatic carbocycles. The summed E-state index contributed by atoms with van der Waals surface area (Å²) in [5.74, 6) is 1.62. The van der Waals surface area contributed by atoms with Crippen molar-refractivity contribution in [3.05, 3.63) is 82.6 Å². The van der Waals surface area contributed by atoms with E-state index in [1.165, 1.54) is 18.5 Å². The largest absolute Gasteiger partial charge is 0.497 e. The molecule has 3 aromatic carbocycles. The van der Waals surface area contributed by atoms with Crippen molar-refractivity contribution in [1.82, 2.24) is 0 Å². The monoisotopic (exact) mass is 475 g/mol. The molecule has 1 fully saturated rings. The van der Waals surface area contributed by atoms with Crippen LogP contribution in [0, 0.1) is 0 Å². The molecule has 2 heterocycles. The number of benzene rings is 3. The maximum atomic E-state index is 6.23. The van der Waals surface area contributed by atoms with E-state index in [2.05, 4.69) is 62.2 Å². The molecule has 0 amide bonds. The summed E-state index contributed by atoms with van der Waals surface area (Å²) in [6.07, 6.45) is 2.56. The van der Waals surface area contributed by atoms with Crippen molar-refractivity contribution in [2.24, 2.45) is 0 Å². The van der Waals surface area contributed by atoms with Crippen LogP contribution in [0.15, 0.2) is 81.7 Å². The van der Waals surface area contributed by atoms with Crippen LogP contribution in [0.4, 0.5) is 11.4 Å². The quantitative estimate of drug-likeness (QED) is 0.461. The fourth-order valence-corrected chi connectivity index (χ4v) is 4.41. The molecule has 156 valence electrons. The minimum absolute atomic E-state index is 0.800. The summed E-state index contributed by atoms with van der Waals surface area (Å²) in [5.41, 5.74) is 4.17. The molecule has 0 saturated carbocycles. The minimum Gasteiger partial charge on any atom is -0.497 e. The van der Waals surface area contributed by atoms with Crippen molar-refractivity contribution >= 4 is 38.3 Å². The maximum Gasteiger partial charge on any atom is 0.218 e. The number of halogens is 1. The zero-order chi connectivity index (χ0) is 21.2. The van der Waals surface area contributed by atoms with Gasteiger partial charge in [-0.25, -0.2) is 4.99 Å². The third kappa shape index (κ3) is 4.23. The Bertz CT molecular complexity index is 1270. The molecule has 5 heteroatoms. The fourth-order valence-electron chi connectivity index (χ4n) is 4.05. The standard InChI is InChI=1S/C26H23BrN2O2/c1-30-22-11-4-18(5-12-22)26-17-24(23-16-19(27)6-13-25(23)31-26)28-20-7-9-21(10-8-20)29-14-2-3-15-29/h4-13,16-17H,2-3,14-15H2,1H3/p+1. The molecule has 0 radical (unpaired) electrons. The number of rotatable bonds is 4. The highest BCUT2D eigenvalue weighted by Crippen LogP contribution is 2.25. The lowest BCUT2D eigenvalue weighted by atomic mass is 10.1. The van der Waals surface area contributed by atoms with Crippen LogP contribution in [0.2, 0.25) is 0 Å². The van der Waals surface area contributed by atoms with Crippen molar-refractivity contribution in [2.45, 2.75) is 12.8 Å². The number of methoxy groups -OCH3 is 1. The fraction of sp³-hybridized carbons (Fsp3) is 0.192. The van der Waals surface area contributed by atoms with Gasteiger partial charge in [0, 0.05) is 40.9 Å². The highest BCUT2D eigenvalue weighted by atomic mass is 79.9. The van der Waals surface area contributed by atoms with E-state index >= 15 is 0 Å². The van der Waals surface area contributed by atoms with E-state index in [0.29, 0.717) is 0 Å². The van der Waals surface area contributed by atoms with E-state index < -0.39 is 0 Å². The van der Waals surface area contributed by atoms with Crippen LogP contribution in [0.1, 0.15) is 12.8 Å². The van der Waals surface area contributed by atoms with Gasteiger partial charge in [0.25, 0.3) is 0 Å². The third-order valence-corrected chi connectivity index (χ3v) is 6.21. The number of anilines is 1. The van der Waals surface area contributed by atoms with Gasteiger partial charge in [-0.05, 0) is 67.4 Å². The molecule has 0 atom stereocenters. The van der Waals surface area contributed by atoms with Gasteiger partial charge in [-0.3, -0.25) is 0 Å². The first-order valence-electron chi connectivity index (χ1n) is 10.5. The molecule has 1 aromatic heterocycles. The topological polar surface area (TPSA) is 39.6 Å². The van der Waals surface area contributed by atoms with Gasteiger partial charge in [0.05, 0.1) is 18.6 Å². The van der Waals surface area contributed by atoms with Crippen molar-refractivity contribution in [3.63, 3.8) is 0 Å². The van der Waals surface area contributed by atoms with Crippen LogP contribution < -0.4 is 20.0 Å². The Morgan fingerprint density at radius 2 is 1.65 bits per heavy atom. The Morgan fingerprint density at radius 1 is 0.903 bits per heavy atom. The highest BCUT2D eigenvalue weighted by Gasteiger charge is 2.13. The van der Waals surface area contributed by atoms with Crippen molar-refractivity contribution in [3.8, 4) is 17.1 Å². The molecule has 0 unspecified atom stereocenters. The van der Waals surface area contributed by atoms with Crippen molar-refractivity contribution in [1.29, 1.82) is 0 Å². The highest BCUT2D eigenvalue weighted by molar-refractivity contribution is 9.10. The van der Waals surface area contributed by atoms with E-state index in [0.717, 1.165) is 56.6 Å². The predicted octanol–water partition coefficient (Wildman–Crippen LogP) is 4.78. The summed E-state index contributed by atoms with van der Waals surface area (Å²) in [6, 6.07) is 24.7. The molecule has 0 spiro atoms. The van der Waals surface area contributed by atoms with Crippen molar-refractivity contribution < 1.29 is 14.1 Å². The minimum atomic E-state index is 0.800. The van der Waals surface area contributed by atoms with Gasteiger partial charge in [0.15, 0.2) is 0 Å². The smallest absolute Gasteiger partial charge is 0.218 e. The molecular weight excluding hydrogens is 452 g/mol. The first-order valence-corrected chi connectivity index (χ1v) is 11.3. The van der Waals surface area contributed by atoms with Crippen LogP contribution in [0.25, 0.3) is 22.3 Å². The summed E-state index contributed by atoms with van der Waals surface area (Å²) in [4.78, 5) is 6.04. The molecule has 1 aliphatic heterocycles. The summed E-state index contributed by atoms with van der Waals surface area (Å²) < 4.78 is 12.5. The van der Waals surface area contributed by atoms with Gasteiger partial charge >= 0.3 is 0 Å². The van der Waals surface area contributed by atoms with Crippen LogP contribution in [-0.4, -0.2) is 20.2 Å². The molecule has 4 nitrogen and oxygen atoms in total. The second-order valence-electron chi connectivity index (χ2n) is 7.76. The molecule has 5 rings (SSSR count). The van der Waals surface area contributed by atoms with Gasteiger partial charge in [-0.15, -0.1) is 0 Å². The van der Waals surface area contributed by atoms with E-state index in [1.807, 2.05) is 36.4 Å². The van der Waals surface area contributed by atoms with E-state index in [1.54, 1.807) is 7.11 Å². The van der Waals surface area contributed by atoms with Gasteiger partial charge in [0.2, 0.25) is 11.0 Å². The van der Waals surface area contributed by atoms with Gasteiger partial charge in [-0.1, -0.05) is 15.9 Å². The average molecular weight is 476 g/mol. The predicted molar refractivity (Wildman–Crippen MR) is 128 cm³/mol. The zero-order valence-electron chi connectivity index (χ0n) is 17.4. The second kappa shape index (κ2) is 8.60. The lowest BCUT2D eigenvalue weighted by molar-refractivity contribution is -0.400. The number of hydrogen-bond donors (Lipinski definition) is 1. The average Bonchev–Trinajstić information content (AvgIpc) is 3.35. The number of fused-ring (bicyclic) bond motifs is 1. The summed E-state index contributed by atoms with van der Waals surface area (Å²) in [6.45, 7) is 2.30. The van der Waals surface area contributed by atoms with Gasteiger partial charge < -0.3 is 14.1 Å². The van der Waals surface area contributed by atoms with E-state index in [9.17, 15) is 0 Å². The van der Waals surface area contributed by atoms with Crippen LogP contribution in [0.3, 0.4) is 0 Å². The molecular formula is C26H24BrN2O2+. The van der Waals surface area contributed by atoms with Crippen LogP contribution in [-0.2, 0) is 0 Å². The number of nitrogens with zero attached hydrogens (tertiary/aromatic N) is 1. The molecule has 4 aromatic rings. The summed E-state index contributed by atoms with van der Waals surface area (Å²) in [7, 11) is 1.67. The lowest BCUT2D eigenvalue weighted by Crippen LogP contribution is -2.70. The summed E-state index contributed by atoms with van der Waals surface area (Å²) >= 11 is 3.59. The normalized spacial score (nSPS) is 14.4. The van der Waals surface area contributed by atoms with Crippen LogP contribution in [0.5, 0.6) is 5.75 Å². The Labute approximate surface area is 189 Å². The lowest BCUT2D eigenvalue weighted by Gasteiger charge is -2.16. The SMILES string of the molecule is COc1ccc(-c2cc(=[NH+]c3ccc(N4CCCC4)cc3)c3cc(Br)ccc3o2)cc1. The van der Waals surface area contributed by atoms with Gasteiger partial charge in [0.1, 0.15) is 17.1 Å². The summed E-state index contributed by atoms with van der Waals surface area (Å²) in [5, 5.41) is 2.03. The Hall–Kier alpha value is -3.05. The zero-order valence-corrected chi connectivity index (χ0v) is 19.0. The Kier molecular flexibility index (Phi) is 5.51. The molecule has 31 heavy (non-hydrogen) atoms. The molecule has 1 aliphatic rings. The Morgan fingerprint density at radius 3 is 2.35 bits per heavy atom. The van der Waals surface area contributed by atoms with Gasteiger partial charge in [-0.2, -0.15) is 0 Å². The first-order chi connectivity index (χ1) is 15.2. The third-order valence-electron chi connectivity index (χ3n) is 5.72. The van der Waals surface area contributed by atoms with Crippen molar-refractivity contribution in [2.75, 3.05) is 25.1 Å². The van der Waals surface area contributed by atoms with E-state index in [4.69, 9.17) is 9.15 Å². The molecule has 0 bridgehead atoms. The maximum absolute atomic E-state index is 6.23. The molecule has 1 saturated heterocycles. The number of ether oxygens (including phenoxy) is 1. The first kappa shape index (κ1) is 19.9. The number of hydrogen-bond acceptors (Lipinski definition) is 3. The van der Waals surface area contributed by atoms with Crippen LogP contribution >= 0.6 is 15.9 Å².